The van der Waals surface area contributed by atoms with E-state index in [1.54, 1.807) is 0 Å². The van der Waals surface area contributed by atoms with Crippen molar-refractivity contribution in [2.45, 2.75) is 11.1 Å². The molecular weight excluding hydrogens is 263 g/mol. The Kier molecular flexibility index (Phi) is 3.15. The van der Waals surface area contributed by atoms with Gasteiger partial charge in [-0.15, -0.1) is 0 Å². The number of nitrogens with zero attached hydrogens (tertiary/aromatic N) is 1. The van der Waals surface area contributed by atoms with Crippen molar-refractivity contribution in [2.24, 2.45) is 0 Å². The molecule has 1 N–H and O–H groups in total. The first-order valence-electron chi connectivity index (χ1n) is 4.04. The lowest BCUT2D eigenvalue weighted by Gasteiger charge is -2.09. The number of aromatic carboxylic acids is 1. The molecule has 5 nitrogen and oxygen atoms in total. The SMILES string of the molecule is CS(=O)(=O)c1cc(C(F)(F)F)cnc1C(=O)O. The van der Waals surface area contributed by atoms with Crippen molar-refractivity contribution in [3.8, 4) is 0 Å². The summed E-state index contributed by atoms with van der Waals surface area (Å²) >= 11 is 0. The minimum Gasteiger partial charge on any atom is -0.476 e. The molecule has 0 saturated carbocycles. The topological polar surface area (TPSA) is 84.3 Å². The van der Waals surface area contributed by atoms with Gasteiger partial charge in [-0.1, -0.05) is 0 Å². The van der Waals surface area contributed by atoms with Gasteiger partial charge in [0.2, 0.25) is 0 Å². The Bertz CT molecular complexity index is 565. The van der Waals surface area contributed by atoms with Gasteiger partial charge in [-0.3, -0.25) is 0 Å². The lowest BCUT2D eigenvalue weighted by atomic mass is 10.2. The highest BCUT2D eigenvalue weighted by atomic mass is 32.2. The van der Waals surface area contributed by atoms with Crippen LogP contribution in [0.4, 0.5) is 13.2 Å². The molecule has 1 aromatic rings. The summed E-state index contributed by atoms with van der Waals surface area (Å²) in [7, 11) is -4.10. The maximum absolute atomic E-state index is 12.3. The molecule has 0 aromatic carbocycles. The molecule has 0 fully saturated rings. The fourth-order valence-electron chi connectivity index (χ4n) is 1.04. The summed E-state index contributed by atoms with van der Waals surface area (Å²) in [6, 6.07) is 0.256. The molecule has 1 aromatic heterocycles. The zero-order valence-corrected chi connectivity index (χ0v) is 9.13. The lowest BCUT2D eigenvalue weighted by Crippen LogP contribution is -2.14. The minimum atomic E-state index is -4.79. The summed E-state index contributed by atoms with van der Waals surface area (Å²) in [4.78, 5) is 12.7. The Balaban J connectivity index is 3.57. The van der Waals surface area contributed by atoms with Crippen molar-refractivity contribution in [3.05, 3.63) is 23.5 Å². The third-order valence-corrected chi connectivity index (χ3v) is 2.89. The normalized spacial score (nSPS) is 12.5. The van der Waals surface area contributed by atoms with Crippen molar-refractivity contribution in [1.82, 2.24) is 4.98 Å². The van der Waals surface area contributed by atoms with E-state index in [1.807, 2.05) is 0 Å². The van der Waals surface area contributed by atoms with Crippen LogP contribution in [0.2, 0.25) is 0 Å². The van der Waals surface area contributed by atoms with Crippen LogP contribution in [-0.2, 0) is 16.0 Å². The van der Waals surface area contributed by atoms with Gasteiger partial charge in [0.1, 0.15) is 4.90 Å². The summed E-state index contributed by atoms with van der Waals surface area (Å²) in [5.74, 6) is -1.71. The molecule has 0 radical (unpaired) electrons. The van der Waals surface area contributed by atoms with E-state index in [2.05, 4.69) is 4.98 Å². The number of halogens is 3. The highest BCUT2D eigenvalue weighted by Gasteiger charge is 2.33. The average molecular weight is 269 g/mol. The van der Waals surface area contributed by atoms with Crippen molar-refractivity contribution in [1.29, 1.82) is 0 Å². The number of hydrogen-bond acceptors (Lipinski definition) is 4. The zero-order valence-electron chi connectivity index (χ0n) is 8.32. The second-order valence-electron chi connectivity index (χ2n) is 3.15. The van der Waals surface area contributed by atoms with Crippen LogP contribution in [0.1, 0.15) is 16.1 Å². The van der Waals surface area contributed by atoms with E-state index >= 15 is 0 Å². The number of pyridine rings is 1. The van der Waals surface area contributed by atoms with Crippen LogP contribution in [0.3, 0.4) is 0 Å². The highest BCUT2D eigenvalue weighted by molar-refractivity contribution is 7.90. The van der Waals surface area contributed by atoms with Gasteiger partial charge in [-0.05, 0) is 6.07 Å². The maximum Gasteiger partial charge on any atom is 0.417 e. The first-order chi connectivity index (χ1) is 7.53. The highest BCUT2D eigenvalue weighted by Crippen LogP contribution is 2.30. The maximum atomic E-state index is 12.3. The second-order valence-corrected chi connectivity index (χ2v) is 5.13. The predicted molar refractivity (Wildman–Crippen MR) is 49.3 cm³/mol. The largest absolute Gasteiger partial charge is 0.476 e. The van der Waals surface area contributed by atoms with Gasteiger partial charge >= 0.3 is 12.1 Å². The molecule has 0 amide bonds. The quantitative estimate of drug-likeness (QED) is 0.872. The first-order valence-corrected chi connectivity index (χ1v) is 5.93. The summed E-state index contributed by atoms with van der Waals surface area (Å²) in [6.07, 6.45) is -3.90. The van der Waals surface area contributed by atoms with Crippen LogP contribution in [0.25, 0.3) is 0 Å². The summed E-state index contributed by atoms with van der Waals surface area (Å²) in [6.45, 7) is 0. The molecule has 0 saturated heterocycles. The van der Waals surface area contributed by atoms with Crippen molar-refractivity contribution >= 4 is 15.8 Å². The van der Waals surface area contributed by atoms with E-state index in [4.69, 9.17) is 5.11 Å². The van der Waals surface area contributed by atoms with Gasteiger partial charge in [-0.2, -0.15) is 13.2 Å². The van der Waals surface area contributed by atoms with Crippen LogP contribution in [-0.4, -0.2) is 30.7 Å². The van der Waals surface area contributed by atoms with Gasteiger partial charge in [0.25, 0.3) is 0 Å². The monoisotopic (exact) mass is 269 g/mol. The average Bonchev–Trinajstić information content (AvgIpc) is 2.14. The molecule has 9 heteroatoms. The molecule has 0 aliphatic rings. The number of hydrogen-bond donors (Lipinski definition) is 1. The Morgan fingerprint density at radius 3 is 2.29 bits per heavy atom. The standard InChI is InChI=1S/C8H6F3NO4S/c1-17(15,16)5-2-4(8(9,10)11)3-12-6(5)7(13)14/h2-3H,1H3,(H,13,14). The van der Waals surface area contributed by atoms with Crippen LogP contribution in [0.5, 0.6) is 0 Å². The van der Waals surface area contributed by atoms with Crippen molar-refractivity contribution in [3.63, 3.8) is 0 Å². The molecule has 17 heavy (non-hydrogen) atoms. The zero-order chi connectivity index (χ0) is 13.4. The lowest BCUT2D eigenvalue weighted by molar-refractivity contribution is -0.138. The molecule has 94 valence electrons. The van der Waals surface area contributed by atoms with Gasteiger partial charge in [0.15, 0.2) is 15.5 Å². The fraction of sp³-hybridized carbons (Fsp3) is 0.250. The molecular formula is C8H6F3NO4S. The first kappa shape index (κ1) is 13.4. The molecule has 0 spiro atoms. The van der Waals surface area contributed by atoms with Crippen molar-refractivity contribution < 1.29 is 31.5 Å². The number of sulfone groups is 1. The molecule has 1 rings (SSSR count). The molecule has 0 atom stereocenters. The van der Waals surface area contributed by atoms with E-state index in [1.165, 1.54) is 0 Å². The molecule has 0 aliphatic carbocycles. The van der Waals surface area contributed by atoms with Crippen LogP contribution >= 0.6 is 0 Å². The molecule has 0 bridgehead atoms. The van der Waals surface area contributed by atoms with E-state index in [0.29, 0.717) is 6.26 Å². The number of aromatic nitrogens is 1. The Labute approximate surface area is 93.8 Å². The molecule has 0 unspecified atom stereocenters. The Morgan fingerprint density at radius 1 is 1.41 bits per heavy atom. The second kappa shape index (κ2) is 3.99. The summed E-state index contributed by atoms with van der Waals surface area (Å²) in [5, 5.41) is 8.61. The van der Waals surface area contributed by atoms with Crippen LogP contribution in [0, 0.1) is 0 Å². The smallest absolute Gasteiger partial charge is 0.417 e. The van der Waals surface area contributed by atoms with Crippen LogP contribution < -0.4 is 0 Å². The van der Waals surface area contributed by atoms with E-state index < -0.39 is 38.1 Å². The number of alkyl halides is 3. The van der Waals surface area contributed by atoms with Crippen molar-refractivity contribution in [2.75, 3.05) is 6.26 Å². The Morgan fingerprint density at radius 2 is 1.94 bits per heavy atom. The van der Waals surface area contributed by atoms with Gasteiger partial charge in [-0.25, -0.2) is 18.2 Å². The number of rotatable bonds is 2. The fourth-order valence-corrected chi connectivity index (χ4v) is 1.88. The van der Waals surface area contributed by atoms with E-state index in [-0.39, 0.29) is 12.3 Å². The van der Waals surface area contributed by atoms with Gasteiger partial charge in [0, 0.05) is 12.5 Å². The summed E-state index contributed by atoms with van der Waals surface area (Å²) in [5.41, 5.74) is -2.25. The molecule has 1 heterocycles. The van der Waals surface area contributed by atoms with Gasteiger partial charge in [0.05, 0.1) is 5.56 Å². The van der Waals surface area contributed by atoms with E-state index in [0.717, 1.165) is 0 Å². The predicted octanol–water partition coefficient (Wildman–Crippen LogP) is 1.20. The van der Waals surface area contributed by atoms with Crippen LogP contribution in [0.15, 0.2) is 17.2 Å². The van der Waals surface area contributed by atoms with Gasteiger partial charge < -0.3 is 5.11 Å². The Hall–Kier alpha value is -1.64. The third kappa shape index (κ3) is 2.93. The summed E-state index contributed by atoms with van der Waals surface area (Å²) < 4.78 is 59.3. The molecule has 0 aliphatic heterocycles. The van der Waals surface area contributed by atoms with E-state index in [9.17, 15) is 26.4 Å². The number of carbonyl (C=O) groups is 1. The minimum absolute atomic E-state index is 0.256. The third-order valence-electron chi connectivity index (χ3n) is 1.78. The number of carboxylic acids is 1. The number of carboxylic acid groups (broad SMARTS) is 1.